The van der Waals surface area contributed by atoms with Gasteiger partial charge in [0.15, 0.2) is 12.4 Å². The number of para-hydroxylation sites is 1. The van der Waals surface area contributed by atoms with E-state index in [1.807, 2.05) is 61.6 Å². The average molecular weight is 413 g/mol. The molecule has 0 saturated heterocycles. The molecule has 7 heteroatoms. The lowest BCUT2D eigenvalue weighted by atomic mass is 10.0. The number of pyridine rings is 1. The second kappa shape index (κ2) is 8.79. The summed E-state index contributed by atoms with van der Waals surface area (Å²) in [6.45, 7) is -0.0169. The highest BCUT2D eigenvalue weighted by molar-refractivity contribution is 5.94. The van der Waals surface area contributed by atoms with Crippen molar-refractivity contribution in [2.24, 2.45) is 0 Å². The molecule has 2 aromatic carbocycles. The summed E-state index contributed by atoms with van der Waals surface area (Å²) in [5, 5.41) is 4.07. The van der Waals surface area contributed by atoms with Gasteiger partial charge in [-0.2, -0.15) is 0 Å². The van der Waals surface area contributed by atoms with E-state index in [-0.39, 0.29) is 12.5 Å². The highest BCUT2D eigenvalue weighted by atomic mass is 16.5. The van der Waals surface area contributed by atoms with Gasteiger partial charge in [0, 0.05) is 50.0 Å². The Balaban J connectivity index is 1.74. The first-order chi connectivity index (χ1) is 15.1. The zero-order valence-corrected chi connectivity index (χ0v) is 17.7. The van der Waals surface area contributed by atoms with Crippen LogP contribution in [0, 0.1) is 0 Å². The van der Waals surface area contributed by atoms with Crippen molar-refractivity contribution >= 4 is 22.6 Å². The minimum Gasteiger partial charge on any atom is -0.483 e. The van der Waals surface area contributed by atoms with Crippen molar-refractivity contribution in [2.75, 3.05) is 33.1 Å². The molecule has 2 heterocycles. The topological polar surface area (TPSA) is 80.2 Å². The van der Waals surface area contributed by atoms with Gasteiger partial charge >= 0.3 is 0 Å². The molecule has 0 fully saturated rings. The number of aromatic nitrogens is 3. The molecule has 0 atom stereocenters. The molecule has 1 N–H and O–H groups in total. The van der Waals surface area contributed by atoms with Crippen LogP contribution in [0.25, 0.3) is 33.4 Å². The second-order valence-corrected chi connectivity index (χ2v) is 7.19. The molecular weight excluding hydrogens is 390 g/mol. The highest BCUT2D eigenvalue weighted by Gasteiger charge is 2.13. The molecule has 7 nitrogen and oxygen atoms in total. The number of ether oxygens (including phenoxy) is 1. The van der Waals surface area contributed by atoms with E-state index in [9.17, 15) is 4.79 Å². The number of hydrogen-bond donors (Lipinski definition) is 1. The van der Waals surface area contributed by atoms with E-state index in [1.165, 1.54) is 4.90 Å². The zero-order chi connectivity index (χ0) is 21.8. The Hall–Kier alpha value is -4.00. The Bertz CT molecular complexity index is 1230. The smallest absolute Gasteiger partial charge is 0.259 e. The van der Waals surface area contributed by atoms with Crippen LogP contribution in [0.15, 0.2) is 67.0 Å². The number of rotatable bonds is 6. The molecule has 0 bridgehead atoms. The molecule has 0 aliphatic heterocycles. The monoisotopic (exact) mass is 413 g/mol. The van der Waals surface area contributed by atoms with Crippen molar-refractivity contribution < 1.29 is 9.53 Å². The summed E-state index contributed by atoms with van der Waals surface area (Å²) in [7, 11) is 5.26. The number of nitrogens with one attached hydrogen (secondary N) is 1. The Labute approximate surface area is 180 Å². The molecule has 0 aliphatic carbocycles. The summed E-state index contributed by atoms with van der Waals surface area (Å²) >= 11 is 0. The number of nitrogens with zero attached hydrogens (tertiary/aromatic N) is 4. The van der Waals surface area contributed by atoms with E-state index in [2.05, 4.69) is 15.3 Å². The lowest BCUT2D eigenvalue weighted by Gasteiger charge is -2.15. The minimum absolute atomic E-state index is 0.0169. The molecule has 0 unspecified atom stereocenters. The quantitative estimate of drug-likeness (QED) is 0.517. The largest absolute Gasteiger partial charge is 0.483 e. The summed E-state index contributed by atoms with van der Waals surface area (Å²) in [6.07, 6.45) is 3.47. The molecule has 0 spiro atoms. The number of anilines is 1. The van der Waals surface area contributed by atoms with Gasteiger partial charge in [-0.1, -0.05) is 24.3 Å². The van der Waals surface area contributed by atoms with Gasteiger partial charge in [-0.3, -0.25) is 9.78 Å². The normalized spacial score (nSPS) is 10.7. The third kappa shape index (κ3) is 4.30. The zero-order valence-electron chi connectivity index (χ0n) is 17.7. The average Bonchev–Trinajstić information content (AvgIpc) is 2.82. The van der Waals surface area contributed by atoms with Gasteiger partial charge in [-0.15, -0.1) is 0 Å². The van der Waals surface area contributed by atoms with Gasteiger partial charge in [-0.25, -0.2) is 9.97 Å². The van der Waals surface area contributed by atoms with E-state index >= 15 is 0 Å². The Kier molecular flexibility index (Phi) is 5.75. The summed E-state index contributed by atoms with van der Waals surface area (Å²) in [5.74, 6) is 1.90. The van der Waals surface area contributed by atoms with Crippen LogP contribution in [0.3, 0.4) is 0 Å². The van der Waals surface area contributed by atoms with Crippen LogP contribution in [0.1, 0.15) is 0 Å². The maximum atomic E-state index is 11.9. The van der Waals surface area contributed by atoms with Crippen molar-refractivity contribution in [3.63, 3.8) is 0 Å². The first kappa shape index (κ1) is 20.3. The predicted molar refractivity (Wildman–Crippen MR) is 122 cm³/mol. The summed E-state index contributed by atoms with van der Waals surface area (Å²) in [4.78, 5) is 27.0. The van der Waals surface area contributed by atoms with Gasteiger partial charge in [0.1, 0.15) is 11.6 Å². The lowest BCUT2D eigenvalue weighted by molar-refractivity contribution is -0.130. The van der Waals surface area contributed by atoms with Crippen molar-refractivity contribution in [3.8, 4) is 28.3 Å². The molecule has 4 aromatic rings. The van der Waals surface area contributed by atoms with Crippen molar-refractivity contribution in [2.45, 2.75) is 0 Å². The summed E-state index contributed by atoms with van der Waals surface area (Å²) < 4.78 is 5.82. The van der Waals surface area contributed by atoms with Gasteiger partial charge in [0.25, 0.3) is 5.91 Å². The van der Waals surface area contributed by atoms with Crippen molar-refractivity contribution in [3.05, 3.63) is 67.0 Å². The summed E-state index contributed by atoms with van der Waals surface area (Å²) in [6, 6.07) is 17.5. The third-order valence-corrected chi connectivity index (χ3v) is 4.90. The molecular formula is C24H23N5O2. The van der Waals surface area contributed by atoms with Crippen molar-refractivity contribution in [1.29, 1.82) is 0 Å². The third-order valence-electron chi connectivity index (χ3n) is 4.90. The van der Waals surface area contributed by atoms with E-state index in [0.29, 0.717) is 11.6 Å². The number of fused-ring (bicyclic) bond motifs is 1. The van der Waals surface area contributed by atoms with E-state index in [0.717, 1.165) is 33.4 Å². The van der Waals surface area contributed by atoms with Gasteiger partial charge in [0.05, 0.1) is 5.52 Å². The van der Waals surface area contributed by atoms with E-state index in [1.54, 1.807) is 26.5 Å². The predicted octanol–water partition coefficient (Wildman–Crippen LogP) is 3.87. The van der Waals surface area contributed by atoms with Crippen molar-refractivity contribution in [1.82, 2.24) is 19.9 Å². The molecule has 156 valence electrons. The number of likely N-dealkylation sites (N-methyl/N-ethyl adjacent to an activating group) is 1. The summed E-state index contributed by atoms with van der Waals surface area (Å²) in [5.41, 5.74) is 3.53. The molecule has 2 aromatic heterocycles. The fourth-order valence-corrected chi connectivity index (χ4v) is 3.21. The molecule has 0 radical (unpaired) electrons. The molecule has 1 amide bonds. The molecule has 31 heavy (non-hydrogen) atoms. The Morgan fingerprint density at radius 2 is 1.87 bits per heavy atom. The van der Waals surface area contributed by atoms with Gasteiger partial charge in [-0.05, 0) is 35.9 Å². The number of carbonyl (C=O) groups is 1. The first-order valence-electron chi connectivity index (χ1n) is 9.89. The Morgan fingerprint density at radius 3 is 2.61 bits per heavy atom. The van der Waals surface area contributed by atoms with Crippen LogP contribution >= 0.6 is 0 Å². The first-order valence-corrected chi connectivity index (χ1v) is 9.89. The minimum atomic E-state index is -0.0953. The van der Waals surface area contributed by atoms with Crippen LogP contribution in [-0.2, 0) is 4.79 Å². The van der Waals surface area contributed by atoms with E-state index < -0.39 is 0 Å². The number of benzene rings is 2. The standard InChI is InChI=1S/C24H23N5O2/c1-25-24-19-13-16(18-8-4-5-9-21(18)31-15-22(30)29(2)3)10-11-20(19)27-23(28-24)17-7-6-12-26-14-17/h4-14H,15H2,1-3H3,(H,25,27,28). The maximum Gasteiger partial charge on any atom is 0.259 e. The lowest BCUT2D eigenvalue weighted by Crippen LogP contribution is -2.27. The molecule has 0 aliphatic rings. The fourth-order valence-electron chi connectivity index (χ4n) is 3.21. The van der Waals surface area contributed by atoms with Gasteiger partial charge < -0.3 is 15.0 Å². The maximum absolute atomic E-state index is 11.9. The second-order valence-electron chi connectivity index (χ2n) is 7.19. The number of carbonyl (C=O) groups excluding carboxylic acids is 1. The highest BCUT2D eigenvalue weighted by Crippen LogP contribution is 2.34. The van der Waals surface area contributed by atoms with E-state index in [4.69, 9.17) is 9.72 Å². The Morgan fingerprint density at radius 1 is 1.03 bits per heavy atom. The fraction of sp³-hybridized carbons (Fsp3) is 0.167. The van der Waals surface area contributed by atoms with Crippen LogP contribution < -0.4 is 10.1 Å². The SMILES string of the molecule is CNc1nc(-c2cccnc2)nc2ccc(-c3ccccc3OCC(=O)N(C)C)cc12. The van der Waals surface area contributed by atoms with Crippen LogP contribution in [0.4, 0.5) is 5.82 Å². The molecule has 4 rings (SSSR count). The number of amides is 1. The van der Waals surface area contributed by atoms with Crippen LogP contribution in [-0.4, -0.2) is 53.5 Å². The van der Waals surface area contributed by atoms with Crippen LogP contribution in [0.2, 0.25) is 0 Å². The molecule has 0 saturated carbocycles. The van der Waals surface area contributed by atoms with Gasteiger partial charge in [0.2, 0.25) is 0 Å². The van der Waals surface area contributed by atoms with Crippen LogP contribution in [0.5, 0.6) is 5.75 Å². The number of hydrogen-bond acceptors (Lipinski definition) is 6.